The summed E-state index contributed by atoms with van der Waals surface area (Å²) in [6.07, 6.45) is 7.99. The molecule has 92 valence electrons. The van der Waals surface area contributed by atoms with Gasteiger partial charge in [0.05, 0.1) is 0 Å². The van der Waals surface area contributed by atoms with Gasteiger partial charge in [-0.3, -0.25) is 9.97 Å². The summed E-state index contributed by atoms with van der Waals surface area (Å²) in [5, 5.41) is 3.39. The van der Waals surface area contributed by atoms with E-state index in [1.807, 2.05) is 18.5 Å². The van der Waals surface area contributed by atoms with Gasteiger partial charge in [-0.2, -0.15) is 0 Å². The topological polar surface area (TPSA) is 37.8 Å². The lowest BCUT2D eigenvalue weighted by Gasteiger charge is -2.22. The number of hydrogen-bond acceptors (Lipinski definition) is 3. The lowest BCUT2D eigenvalue weighted by atomic mass is 9.93. The van der Waals surface area contributed by atoms with Crippen molar-refractivity contribution in [3.8, 4) is 11.1 Å². The van der Waals surface area contributed by atoms with E-state index in [9.17, 15) is 0 Å². The van der Waals surface area contributed by atoms with E-state index in [1.54, 1.807) is 6.20 Å². The van der Waals surface area contributed by atoms with Crippen molar-refractivity contribution in [2.75, 3.05) is 13.1 Å². The van der Waals surface area contributed by atoms with E-state index < -0.39 is 0 Å². The summed E-state index contributed by atoms with van der Waals surface area (Å²) in [4.78, 5) is 8.71. The Morgan fingerprint density at radius 2 is 1.94 bits per heavy atom. The summed E-state index contributed by atoms with van der Waals surface area (Å²) in [6.45, 7) is 2.20. The number of rotatable bonds is 2. The van der Waals surface area contributed by atoms with E-state index >= 15 is 0 Å². The van der Waals surface area contributed by atoms with Gasteiger partial charge in [0.1, 0.15) is 0 Å². The van der Waals surface area contributed by atoms with Gasteiger partial charge in [-0.1, -0.05) is 6.07 Å². The predicted octanol–water partition coefficient (Wildman–Crippen LogP) is 2.61. The minimum Gasteiger partial charge on any atom is -0.317 e. The van der Waals surface area contributed by atoms with E-state index in [-0.39, 0.29) is 0 Å². The molecule has 3 nitrogen and oxygen atoms in total. The number of nitrogens with one attached hydrogen (secondary N) is 1. The van der Waals surface area contributed by atoms with Gasteiger partial charge >= 0.3 is 0 Å². The molecular weight excluding hydrogens is 222 g/mol. The zero-order valence-electron chi connectivity index (χ0n) is 10.3. The van der Waals surface area contributed by atoms with E-state index in [2.05, 4.69) is 33.5 Å². The molecule has 3 heteroatoms. The highest BCUT2D eigenvalue weighted by Gasteiger charge is 2.16. The van der Waals surface area contributed by atoms with E-state index in [0.717, 1.165) is 18.7 Å². The van der Waals surface area contributed by atoms with Crippen LogP contribution in [0.3, 0.4) is 0 Å². The Kier molecular flexibility index (Phi) is 3.33. The van der Waals surface area contributed by atoms with Crippen molar-refractivity contribution in [3.63, 3.8) is 0 Å². The second kappa shape index (κ2) is 5.27. The summed E-state index contributed by atoms with van der Waals surface area (Å²) in [6, 6.07) is 8.34. The van der Waals surface area contributed by atoms with Gasteiger partial charge in [0.2, 0.25) is 0 Å². The van der Waals surface area contributed by atoms with Gasteiger partial charge in [0, 0.05) is 35.8 Å². The third-order valence-corrected chi connectivity index (χ3v) is 3.53. The Morgan fingerprint density at radius 1 is 1.06 bits per heavy atom. The molecule has 0 aliphatic carbocycles. The first-order valence-electron chi connectivity index (χ1n) is 6.50. The third-order valence-electron chi connectivity index (χ3n) is 3.53. The maximum absolute atomic E-state index is 4.54. The van der Waals surface area contributed by atoms with Crippen molar-refractivity contribution in [2.24, 2.45) is 0 Å². The lowest BCUT2D eigenvalue weighted by Crippen LogP contribution is -2.27. The van der Waals surface area contributed by atoms with Crippen LogP contribution in [0.4, 0.5) is 0 Å². The Labute approximate surface area is 107 Å². The SMILES string of the molecule is c1cncc(-c2ccnc(C3CCNCC3)c2)c1. The summed E-state index contributed by atoms with van der Waals surface area (Å²) in [5.74, 6) is 0.600. The monoisotopic (exact) mass is 239 g/mol. The zero-order valence-corrected chi connectivity index (χ0v) is 10.3. The van der Waals surface area contributed by atoms with Crippen molar-refractivity contribution in [2.45, 2.75) is 18.8 Å². The molecular formula is C15H17N3. The maximum Gasteiger partial charge on any atom is 0.0441 e. The molecule has 0 radical (unpaired) electrons. The van der Waals surface area contributed by atoms with E-state index in [0.29, 0.717) is 5.92 Å². The maximum atomic E-state index is 4.54. The molecule has 2 aromatic heterocycles. The average molecular weight is 239 g/mol. The van der Waals surface area contributed by atoms with Crippen LogP contribution in [0.5, 0.6) is 0 Å². The van der Waals surface area contributed by atoms with Crippen molar-refractivity contribution < 1.29 is 0 Å². The first-order chi connectivity index (χ1) is 8.93. The number of piperidine rings is 1. The normalized spacial score (nSPS) is 16.7. The predicted molar refractivity (Wildman–Crippen MR) is 72.3 cm³/mol. The Balaban J connectivity index is 1.89. The van der Waals surface area contributed by atoms with Crippen LogP contribution in [0.15, 0.2) is 42.9 Å². The molecule has 2 aromatic rings. The molecule has 1 aliphatic heterocycles. The molecule has 0 unspecified atom stereocenters. The quantitative estimate of drug-likeness (QED) is 0.875. The van der Waals surface area contributed by atoms with Gasteiger partial charge < -0.3 is 5.32 Å². The molecule has 18 heavy (non-hydrogen) atoms. The molecule has 3 rings (SSSR count). The minimum atomic E-state index is 0.600. The van der Waals surface area contributed by atoms with Crippen molar-refractivity contribution in [1.29, 1.82) is 0 Å². The fraction of sp³-hybridized carbons (Fsp3) is 0.333. The number of aromatic nitrogens is 2. The molecule has 1 aliphatic rings. The fourth-order valence-electron chi connectivity index (χ4n) is 2.50. The molecule has 0 saturated carbocycles. The molecule has 0 spiro atoms. The molecule has 0 atom stereocenters. The summed E-state index contributed by atoms with van der Waals surface area (Å²) in [5.41, 5.74) is 3.60. The van der Waals surface area contributed by atoms with Gasteiger partial charge in [0.15, 0.2) is 0 Å². The molecule has 1 fully saturated rings. The second-order valence-electron chi connectivity index (χ2n) is 4.74. The summed E-state index contributed by atoms with van der Waals surface area (Å²) >= 11 is 0. The first kappa shape index (κ1) is 11.4. The first-order valence-corrected chi connectivity index (χ1v) is 6.50. The van der Waals surface area contributed by atoms with Crippen LogP contribution < -0.4 is 5.32 Å². The highest BCUT2D eigenvalue weighted by Crippen LogP contribution is 2.26. The lowest BCUT2D eigenvalue weighted by molar-refractivity contribution is 0.453. The van der Waals surface area contributed by atoms with Crippen LogP contribution in [-0.4, -0.2) is 23.1 Å². The molecule has 3 heterocycles. The van der Waals surface area contributed by atoms with Crippen LogP contribution in [0, 0.1) is 0 Å². The molecule has 1 N–H and O–H groups in total. The van der Waals surface area contributed by atoms with Crippen LogP contribution in [0.25, 0.3) is 11.1 Å². The Hall–Kier alpha value is -1.74. The van der Waals surface area contributed by atoms with Gasteiger partial charge in [-0.05, 0) is 49.7 Å². The number of nitrogens with zero attached hydrogens (tertiary/aromatic N) is 2. The average Bonchev–Trinajstić information content (AvgIpc) is 2.49. The Bertz CT molecular complexity index is 504. The number of hydrogen-bond donors (Lipinski definition) is 1. The minimum absolute atomic E-state index is 0.600. The second-order valence-corrected chi connectivity index (χ2v) is 4.74. The van der Waals surface area contributed by atoms with Gasteiger partial charge in [-0.15, -0.1) is 0 Å². The summed E-state index contributed by atoms with van der Waals surface area (Å²) < 4.78 is 0. The van der Waals surface area contributed by atoms with E-state index in [1.165, 1.54) is 24.1 Å². The molecule has 0 bridgehead atoms. The molecule has 0 amide bonds. The van der Waals surface area contributed by atoms with Crippen LogP contribution in [-0.2, 0) is 0 Å². The summed E-state index contributed by atoms with van der Waals surface area (Å²) in [7, 11) is 0. The molecule has 0 aromatic carbocycles. The standard InChI is InChI=1S/C15H17N3/c1-2-14(11-17-6-1)13-5-9-18-15(10-13)12-3-7-16-8-4-12/h1-2,5-6,9-12,16H,3-4,7-8H2. The smallest absolute Gasteiger partial charge is 0.0441 e. The highest BCUT2D eigenvalue weighted by molar-refractivity contribution is 5.62. The van der Waals surface area contributed by atoms with Crippen molar-refractivity contribution in [1.82, 2.24) is 15.3 Å². The van der Waals surface area contributed by atoms with Crippen LogP contribution in [0.2, 0.25) is 0 Å². The zero-order chi connectivity index (χ0) is 12.2. The highest BCUT2D eigenvalue weighted by atomic mass is 14.9. The molecule has 1 saturated heterocycles. The largest absolute Gasteiger partial charge is 0.317 e. The van der Waals surface area contributed by atoms with Crippen LogP contribution >= 0.6 is 0 Å². The van der Waals surface area contributed by atoms with E-state index in [4.69, 9.17) is 0 Å². The van der Waals surface area contributed by atoms with Gasteiger partial charge in [-0.25, -0.2) is 0 Å². The van der Waals surface area contributed by atoms with Crippen LogP contribution in [0.1, 0.15) is 24.5 Å². The van der Waals surface area contributed by atoms with Gasteiger partial charge in [0.25, 0.3) is 0 Å². The third kappa shape index (κ3) is 2.41. The number of pyridine rings is 2. The van der Waals surface area contributed by atoms with Crippen molar-refractivity contribution >= 4 is 0 Å². The van der Waals surface area contributed by atoms with Crippen molar-refractivity contribution in [3.05, 3.63) is 48.5 Å². The Morgan fingerprint density at radius 3 is 2.72 bits per heavy atom. The fourth-order valence-corrected chi connectivity index (χ4v) is 2.50.